The third-order valence-electron chi connectivity index (χ3n) is 3.98. The lowest BCUT2D eigenvalue weighted by Gasteiger charge is -2.09. The summed E-state index contributed by atoms with van der Waals surface area (Å²) in [6.07, 6.45) is 10.3. The summed E-state index contributed by atoms with van der Waals surface area (Å²) < 4.78 is 10.4. The quantitative estimate of drug-likeness (QED) is 0.427. The fraction of sp³-hybridized carbons (Fsp3) is 0.882. The Labute approximate surface area is 128 Å². The number of ether oxygens (including phenoxy) is 2. The second-order valence-corrected chi connectivity index (χ2v) is 5.97. The van der Waals surface area contributed by atoms with Crippen LogP contribution < -0.4 is 0 Å². The first kappa shape index (κ1) is 18.0. The van der Waals surface area contributed by atoms with Crippen molar-refractivity contribution in [2.45, 2.75) is 77.6 Å². The molecule has 1 rings (SSSR count). The Kier molecular flexibility index (Phi) is 9.92. The van der Waals surface area contributed by atoms with Gasteiger partial charge >= 0.3 is 11.9 Å². The minimum atomic E-state index is -0.148. The van der Waals surface area contributed by atoms with Crippen LogP contribution in [0.2, 0.25) is 0 Å². The number of unbranched alkanes of at least 4 members (excludes halogenated alkanes) is 3. The van der Waals surface area contributed by atoms with Crippen molar-refractivity contribution in [1.29, 1.82) is 0 Å². The first-order valence-corrected chi connectivity index (χ1v) is 8.53. The summed E-state index contributed by atoms with van der Waals surface area (Å²) in [5, 5.41) is 0. The molecule has 0 radical (unpaired) electrons. The highest BCUT2D eigenvalue weighted by atomic mass is 16.5. The molecule has 1 aliphatic carbocycles. The monoisotopic (exact) mass is 298 g/mol. The smallest absolute Gasteiger partial charge is 0.305 e. The number of carbonyl (C=O) groups excluding carboxylic acids is 2. The Bertz CT molecular complexity index is 295. The first-order valence-electron chi connectivity index (χ1n) is 8.53. The SMILES string of the molecule is CCCCCOC(=O)CCCCC(=O)OCC1CCCC1. The van der Waals surface area contributed by atoms with Crippen molar-refractivity contribution in [2.75, 3.05) is 13.2 Å². The second-order valence-electron chi connectivity index (χ2n) is 5.97. The first-order chi connectivity index (χ1) is 10.2. The van der Waals surface area contributed by atoms with Crippen LogP contribution in [0.25, 0.3) is 0 Å². The topological polar surface area (TPSA) is 52.6 Å². The van der Waals surface area contributed by atoms with E-state index in [1.807, 2.05) is 0 Å². The van der Waals surface area contributed by atoms with Crippen molar-refractivity contribution in [3.63, 3.8) is 0 Å². The Hall–Kier alpha value is -1.06. The maximum absolute atomic E-state index is 11.5. The van der Waals surface area contributed by atoms with Crippen molar-refractivity contribution in [3.05, 3.63) is 0 Å². The third kappa shape index (κ3) is 9.48. The number of carbonyl (C=O) groups is 2. The van der Waals surface area contributed by atoms with E-state index in [0.717, 1.165) is 19.3 Å². The number of hydrogen-bond acceptors (Lipinski definition) is 4. The minimum absolute atomic E-state index is 0.127. The van der Waals surface area contributed by atoms with E-state index in [4.69, 9.17) is 9.47 Å². The Morgan fingerprint density at radius 1 is 0.905 bits per heavy atom. The van der Waals surface area contributed by atoms with E-state index in [1.165, 1.54) is 25.7 Å². The molecule has 122 valence electrons. The van der Waals surface area contributed by atoms with Crippen LogP contribution in [-0.2, 0) is 19.1 Å². The Balaban J connectivity index is 1.90. The average Bonchev–Trinajstić information content (AvgIpc) is 2.99. The normalized spacial score (nSPS) is 15.1. The molecule has 1 aliphatic rings. The van der Waals surface area contributed by atoms with Crippen LogP contribution in [0.1, 0.15) is 77.6 Å². The van der Waals surface area contributed by atoms with E-state index >= 15 is 0 Å². The van der Waals surface area contributed by atoms with Gasteiger partial charge in [0.1, 0.15) is 0 Å². The van der Waals surface area contributed by atoms with Crippen LogP contribution in [0.15, 0.2) is 0 Å². The molecule has 0 spiro atoms. The molecule has 21 heavy (non-hydrogen) atoms. The van der Waals surface area contributed by atoms with Gasteiger partial charge in [-0.3, -0.25) is 9.59 Å². The van der Waals surface area contributed by atoms with Gasteiger partial charge < -0.3 is 9.47 Å². The van der Waals surface area contributed by atoms with E-state index in [0.29, 0.717) is 44.8 Å². The van der Waals surface area contributed by atoms with Crippen molar-refractivity contribution < 1.29 is 19.1 Å². The molecule has 4 nitrogen and oxygen atoms in total. The van der Waals surface area contributed by atoms with Crippen LogP contribution in [0.5, 0.6) is 0 Å². The Morgan fingerprint density at radius 2 is 1.52 bits per heavy atom. The summed E-state index contributed by atoms with van der Waals surface area (Å²) in [7, 11) is 0. The summed E-state index contributed by atoms with van der Waals surface area (Å²) in [6, 6.07) is 0. The zero-order valence-corrected chi connectivity index (χ0v) is 13.4. The van der Waals surface area contributed by atoms with Crippen LogP contribution in [0, 0.1) is 5.92 Å². The second kappa shape index (κ2) is 11.6. The van der Waals surface area contributed by atoms with Crippen molar-refractivity contribution in [2.24, 2.45) is 5.92 Å². The molecule has 0 aliphatic heterocycles. The summed E-state index contributed by atoms with van der Waals surface area (Å²) in [5.41, 5.74) is 0. The van der Waals surface area contributed by atoms with Crippen LogP contribution in [-0.4, -0.2) is 25.2 Å². The number of hydrogen-bond donors (Lipinski definition) is 0. The largest absolute Gasteiger partial charge is 0.466 e. The fourth-order valence-corrected chi connectivity index (χ4v) is 2.61. The number of rotatable bonds is 11. The van der Waals surface area contributed by atoms with Crippen molar-refractivity contribution in [1.82, 2.24) is 0 Å². The lowest BCUT2D eigenvalue weighted by molar-refractivity contribution is -0.146. The standard InChI is InChI=1S/C17H30O4/c1-2-3-8-13-20-16(18)11-6-7-12-17(19)21-14-15-9-4-5-10-15/h15H,2-14H2,1H3. The van der Waals surface area contributed by atoms with Gasteiger partial charge in [0, 0.05) is 12.8 Å². The summed E-state index contributed by atoms with van der Waals surface area (Å²) >= 11 is 0. The highest BCUT2D eigenvalue weighted by Gasteiger charge is 2.16. The molecule has 0 heterocycles. The van der Waals surface area contributed by atoms with Gasteiger partial charge in [0.2, 0.25) is 0 Å². The van der Waals surface area contributed by atoms with Gasteiger partial charge in [0.05, 0.1) is 13.2 Å². The molecule has 0 bridgehead atoms. The average molecular weight is 298 g/mol. The predicted molar refractivity (Wildman–Crippen MR) is 81.9 cm³/mol. The zero-order chi connectivity index (χ0) is 15.3. The summed E-state index contributed by atoms with van der Waals surface area (Å²) in [4.78, 5) is 23.0. The molecule has 0 aromatic carbocycles. The van der Waals surface area contributed by atoms with Crippen LogP contribution >= 0.6 is 0 Å². The summed E-state index contributed by atoms with van der Waals surface area (Å²) in [5.74, 6) is 0.302. The van der Waals surface area contributed by atoms with E-state index in [1.54, 1.807) is 0 Å². The molecule has 4 heteroatoms. The van der Waals surface area contributed by atoms with Gasteiger partial charge in [0.25, 0.3) is 0 Å². The maximum atomic E-state index is 11.5. The molecular weight excluding hydrogens is 268 g/mol. The van der Waals surface area contributed by atoms with Gasteiger partial charge in [0.15, 0.2) is 0 Å². The summed E-state index contributed by atoms with van der Waals surface area (Å²) in [6.45, 7) is 3.22. The van der Waals surface area contributed by atoms with Crippen molar-refractivity contribution >= 4 is 11.9 Å². The molecule has 0 atom stereocenters. The van der Waals surface area contributed by atoms with E-state index in [-0.39, 0.29) is 11.9 Å². The fourth-order valence-electron chi connectivity index (χ4n) is 2.61. The van der Waals surface area contributed by atoms with E-state index in [2.05, 4.69) is 6.92 Å². The minimum Gasteiger partial charge on any atom is -0.466 e. The lowest BCUT2D eigenvalue weighted by atomic mass is 10.1. The van der Waals surface area contributed by atoms with Crippen LogP contribution in [0.4, 0.5) is 0 Å². The molecule has 0 amide bonds. The zero-order valence-electron chi connectivity index (χ0n) is 13.4. The maximum Gasteiger partial charge on any atom is 0.305 e. The van der Waals surface area contributed by atoms with Gasteiger partial charge in [-0.15, -0.1) is 0 Å². The highest BCUT2D eigenvalue weighted by molar-refractivity contribution is 5.70. The predicted octanol–water partition coefficient (Wildman–Crippen LogP) is 4.01. The highest BCUT2D eigenvalue weighted by Crippen LogP contribution is 2.24. The van der Waals surface area contributed by atoms with Gasteiger partial charge in [-0.2, -0.15) is 0 Å². The lowest BCUT2D eigenvalue weighted by Crippen LogP contribution is -2.12. The molecular formula is C17H30O4. The van der Waals surface area contributed by atoms with Gasteiger partial charge in [-0.1, -0.05) is 32.6 Å². The molecule has 0 N–H and O–H groups in total. The molecule has 0 unspecified atom stereocenters. The van der Waals surface area contributed by atoms with Gasteiger partial charge in [-0.05, 0) is 38.0 Å². The van der Waals surface area contributed by atoms with E-state index in [9.17, 15) is 9.59 Å². The van der Waals surface area contributed by atoms with E-state index < -0.39 is 0 Å². The van der Waals surface area contributed by atoms with Gasteiger partial charge in [-0.25, -0.2) is 0 Å². The Morgan fingerprint density at radius 3 is 2.14 bits per heavy atom. The molecule has 1 fully saturated rings. The molecule has 1 saturated carbocycles. The van der Waals surface area contributed by atoms with Crippen LogP contribution in [0.3, 0.4) is 0 Å². The third-order valence-corrected chi connectivity index (χ3v) is 3.98. The molecule has 0 saturated heterocycles. The van der Waals surface area contributed by atoms with Crippen molar-refractivity contribution in [3.8, 4) is 0 Å². The molecule has 0 aromatic rings. The molecule has 0 aromatic heterocycles. The number of esters is 2.